The fourth-order valence-electron chi connectivity index (χ4n) is 2.84. The number of hydrogen-bond donors (Lipinski definition) is 0. The molecule has 3 nitrogen and oxygen atoms in total. The van der Waals surface area contributed by atoms with Crippen LogP contribution in [0.15, 0.2) is 91.4 Å². The van der Waals surface area contributed by atoms with Gasteiger partial charge in [0.2, 0.25) is 0 Å². The van der Waals surface area contributed by atoms with Crippen LogP contribution in [0.1, 0.15) is 11.1 Å². The third-order valence-corrected chi connectivity index (χ3v) is 3.98. The van der Waals surface area contributed by atoms with Crippen LogP contribution >= 0.6 is 0 Å². The van der Waals surface area contributed by atoms with Gasteiger partial charge in [0.05, 0.1) is 11.4 Å². The van der Waals surface area contributed by atoms with Gasteiger partial charge in [-0.2, -0.15) is 5.10 Å². The Morgan fingerprint density at radius 2 is 1.62 bits per heavy atom. The monoisotopic (exact) mass is 311 g/mol. The molecular weight excluding hydrogens is 294 g/mol. The molecule has 0 atom stereocenters. The Morgan fingerprint density at radius 3 is 2.42 bits per heavy atom. The van der Waals surface area contributed by atoms with E-state index in [0.29, 0.717) is 0 Å². The largest absolute Gasteiger partial charge is 0.256 e. The van der Waals surface area contributed by atoms with Crippen molar-refractivity contribution in [1.29, 1.82) is 0 Å². The lowest BCUT2D eigenvalue weighted by Crippen LogP contribution is -1.96. The highest BCUT2D eigenvalue weighted by Gasteiger charge is 2.03. The lowest BCUT2D eigenvalue weighted by atomic mass is 10.0. The Hall–Kier alpha value is -3.20. The van der Waals surface area contributed by atoms with Gasteiger partial charge in [-0.25, -0.2) is 4.68 Å². The Kier molecular flexibility index (Phi) is 3.90. The van der Waals surface area contributed by atoms with Gasteiger partial charge < -0.3 is 0 Å². The van der Waals surface area contributed by atoms with Gasteiger partial charge in [-0.15, -0.1) is 0 Å². The predicted octanol–water partition coefficient (Wildman–Crippen LogP) is 4.53. The van der Waals surface area contributed by atoms with Crippen molar-refractivity contribution in [3.63, 3.8) is 0 Å². The summed E-state index contributed by atoms with van der Waals surface area (Å²) in [4.78, 5) is 4.43. The maximum atomic E-state index is 4.43. The zero-order valence-corrected chi connectivity index (χ0v) is 13.2. The molecule has 0 N–H and O–H groups in total. The van der Waals surface area contributed by atoms with Crippen LogP contribution in [0.4, 0.5) is 0 Å². The minimum atomic E-state index is 0.885. The molecule has 0 amide bonds. The molecule has 0 unspecified atom stereocenters. The highest BCUT2D eigenvalue weighted by atomic mass is 15.3. The second-order valence-electron chi connectivity index (χ2n) is 5.71. The number of nitrogens with zero attached hydrogens (tertiary/aromatic N) is 3. The van der Waals surface area contributed by atoms with E-state index < -0.39 is 0 Å². The van der Waals surface area contributed by atoms with Crippen molar-refractivity contribution >= 4 is 0 Å². The summed E-state index contributed by atoms with van der Waals surface area (Å²) in [6.07, 6.45) is 6.47. The van der Waals surface area contributed by atoms with E-state index in [2.05, 4.69) is 58.6 Å². The molecule has 0 radical (unpaired) electrons. The lowest BCUT2D eigenvalue weighted by molar-refractivity contribution is 0.878. The van der Waals surface area contributed by atoms with E-state index in [4.69, 9.17) is 0 Å². The van der Waals surface area contributed by atoms with Gasteiger partial charge in [-0.3, -0.25) is 4.98 Å². The highest BCUT2D eigenvalue weighted by Crippen LogP contribution is 2.20. The van der Waals surface area contributed by atoms with Gasteiger partial charge in [0.1, 0.15) is 0 Å². The van der Waals surface area contributed by atoms with E-state index in [0.717, 1.165) is 23.4 Å². The molecule has 0 saturated carbocycles. The molecule has 4 aromatic rings. The van der Waals surface area contributed by atoms with E-state index in [1.54, 1.807) is 6.20 Å². The number of pyridine rings is 1. The molecule has 0 aliphatic rings. The molecular formula is C21H17N3. The van der Waals surface area contributed by atoms with Gasteiger partial charge in [-0.1, -0.05) is 36.4 Å². The molecule has 2 aromatic carbocycles. The zero-order chi connectivity index (χ0) is 16.2. The first-order chi connectivity index (χ1) is 11.9. The van der Waals surface area contributed by atoms with E-state index in [1.807, 2.05) is 41.3 Å². The lowest BCUT2D eigenvalue weighted by Gasteiger charge is -2.07. The van der Waals surface area contributed by atoms with Crippen LogP contribution in [-0.4, -0.2) is 14.8 Å². The van der Waals surface area contributed by atoms with Crippen molar-refractivity contribution in [3.05, 3.63) is 103 Å². The topological polar surface area (TPSA) is 30.7 Å². The summed E-state index contributed by atoms with van der Waals surface area (Å²) in [5.41, 5.74) is 5.77. The highest BCUT2D eigenvalue weighted by molar-refractivity contribution is 5.60. The molecule has 24 heavy (non-hydrogen) atoms. The number of rotatable bonds is 4. The number of benzene rings is 2. The van der Waals surface area contributed by atoms with E-state index >= 15 is 0 Å². The van der Waals surface area contributed by atoms with Crippen LogP contribution in [-0.2, 0) is 6.42 Å². The van der Waals surface area contributed by atoms with Crippen molar-refractivity contribution in [2.75, 3.05) is 0 Å². The van der Waals surface area contributed by atoms with Crippen molar-refractivity contribution in [1.82, 2.24) is 14.8 Å². The molecule has 0 bridgehead atoms. The summed E-state index contributed by atoms with van der Waals surface area (Å²) in [5.74, 6) is 0. The first kappa shape index (κ1) is 14.4. The summed E-state index contributed by atoms with van der Waals surface area (Å²) in [5, 5.41) is 4.30. The molecule has 4 rings (SSSR count). The van der Waals surface area contributed by atoms with E-state index in [1.165, 1.54) is 11.1 Å². The summed E-state index contributed by atoms with van der Waals surface area (Å²) >= 11 is 0. The first-order valence-electron chi connectivity index (χ1n) is 7.98. The average Bonchev–Trinajstić information content (AvgIpc) is 3.18. The maximum Gasteiger partial charge on any atom is 0.0702 e. The smallest absolute Gasteiger partial charge is 0.0702 e. The molecule has 3 heteroatoms. The molecule has 2 heterocycles. The van der Waals surface area contributed by atoms with E-state index in [9.17, 15) is 0 Å². The Morgan fingerprint density at radius 1 is 0.750 bits per heavy atom. The van der Waals surface area contributed by atoms with Crippen LogP contribution in [0, 0.1) is 0 Å². The minimum absolute atomic E-state index is 0.885. The normalized spacial score (nSPS) is 10.7. The number of aromatic nitrogens is 3. The molecule has 116 valence electrons. The molecule has 0 fully saturated rings. The second kappa shape index (κ2) is 6.50. The summed E-state index contributed by atoms with van der Waals surface area (Å²) in [7, 11) is 0. The SMILES string of the molecule is c1ccc(-c2cccc(Cc3cccc(-n4cccn4)c3)c2)nc1. The molecule has 0 aliphatic heterocycles. The van der Waals surface area contributed by atoms with Crippen molar-refractivity contribution in [3.8, 4) is 16.9 Å². The number of hydrogen-bond acceptors (Lipinski definition) is 2. The Labute approximate surface area is 141 Å². The van der Waals surface area contributed by atoms with Gasteiger partial charge in [0, 0.05) is 24.2 Å². The Balaban J connectivity index is 1.61. The zero-order valence-electron chi connectivity index (χ0n) is 13.2. The minimum Gasteiger partial charge on any atom is -0.256 e. The predicted molar refractivity (Wildman–Crippen MR) is 96.0 cm³/mol. The molecule has 0 aliphatic carbocycles. The van der Waals surface area contributed by atoms with Gasteiger partial charge in [-0.05, 0) is 53.9 Å². The van der Waals surface area contributed by atoms with Crippen LogP contribution in [0.25, 0.3) is 16.9 Å². The molecule has 0 spiro atoms. The average molecular weight is 311 g/mol. The van der Waals surface area contributed by atoms with Gasteiger partial charge in [0.25, 0.3) is 0 Å². The molecule has 2 aromatic heterocycles. The molecule has 0 saturated heterocycles. The fourth-order valence-corrected chi connectivity index (χ4v) is 2.84. The summed E-state index contributed by atoms with van der Waals surface area (Å²) in [6.45, 7) is 0. The standard InChI is InChI=1S/C21H17N3/c1-2-11-22-21(10-1)19-8-3-6-17(15-19)14-18-7-4-9-20(16-18)24-13-5-12-23-24/h1-13,15-16H,14H2. The second-order valence-corrected chi connectivity index (χ2v) is 5.71. The third-order valence-electron chi connectivity index (χ3n) is 3.98. The van der Waals surface area contributed by atoms with Crippen LogP contribution in [0.3, 0.4) is 0 Å². The quantitative estimate of drug-likeness (QED) is 0.554. The fraction of sp³-hybridized carbons (Fsp3) is 0.0476. The Bertz CT molecular complexity index is 928. The third kappa shape index (κ3) is 3.10. The van der Waals surface area contributed by atoms with E-state index in [-0.39, 0.29) is 0 Å². The van der Waals surface area contributed by atoms with Crippen molar-refractivity contribution < 1.29 is 0 Å². The van der Waals surface area contributed by atoms with Crippen LogP contribution < -0.4 is 0 Å². The maximum absolute atomic E-state index is 4.43. The van der Waals surface area contributed by atoms with Crippen LogP contribution in [0.2, 0.25) is 0 Å². The van der Waals surface area contributed by atoms with Gasteiger partial charge in [0.15, 0.2) is 0 Å². The summed E-state index contributed by atoms with van der Waals surface area (Å²) < 4.78 is 1.88. The van der Waals surface area contributed by atoms with Crippen molar-refractivity contribution in [2.24, 2.45) is 0 Å². The van der Waals surface area contributed by atoms with Crippen molar-refractivity contribution in [2.45, 2.75) is 6.42 Å². The summed E-state index contributed by atoms with van der Waals surface area (Å²) in [6, 6.07) is 25.0. The van der Waals surface area contributed by atoms with Gasteiger partial charge >= 0.3 is 0 Å². The van der Waals surface area contributed by atoms with Crippen LogP contribution in [0.5, 0.6) is 0 Å². The first-order valence-corrected chi connectivity index (χ1v) is 7.98.